The van der Waals surface area contributed by atoms with E-state index in [4.69, 9.17) is 4.98 Å². The summed E-state index contributed by atoms with van der Waals surface area (Å²) in [4.78, 5) is 14.0. The smallest absolute Gasteiger partial charge is 0.123 e. The molecule has 1 atom stereocenters. The van der Waals surface area contributed by atoms with Gasteiger partial charge in [0.2, 0.25) is 0 Å². The van der Waals surface area contributed by atoms with Crippen LogP contribution in [0.4, 0.5) is 0 Å². The second-order valence-electron chi connectivity index (χ2n) is 10.6. The van der Waals surface area contributed by atoms with Gasteiger partial charge in [0.05, 0.1) is 22.8 Å². The molecule has 1 saturated heterocycles. The lowest BCUT2D eigenvalue weighted by Crippen LogP contribution is -2.18. The summed E-state index contributed by atoms with van der Waals surface area (Å²) in [5.41, 5.74) is 8.48. The van der Waals surface area contributed by atoms with E-state index >= 15 is 0 Å². The number of fused-ring (bicyclic) bond motifs is 2. The summed E-state index contributed by atoms with van der Waals surface area (Å²) in [5.74, 6) is 1.13. The zero-order valence-electron chi connectivity index (χ0n) is 21.0. The van der Waals surface area contributed by atoms with E-state index in [1.165, 1.54) is 77.9 Å². The number of nitrogens with zero attached hydrogens (tertiary/aromatic N) is 2. The van der Waals surface area contributed by atoms with Crippen LogP contribution in [0.1, 0.15) is 80.4 Å². The van der Waals surface area contributed by atoms with Crippen LogP contribution in [0, 0.1) is 0 Å². The topological polar surface area (TPSA) is 44.0 Å². The normalized spacial score (nSPS) is 21.7. The van der Waals surface area contributed by atoms with Crippen LogP contribution in [-0.2, 0) is 11.8 Å². The maximum Gasteiger partial charge on any atom is 0.123 e. The van der Waals surface area contributed by atoms with E-state index < -0.39 is 0 Å². The number of rotatable bonds is 6. The molecule has 0 radical (unpaired) electrons. The van der Waals surface area contributed by atoms with E-state index in [1.54, 1.807) is 17.3 Å². The average Bonchev–Trinajstić information content (AvgIpc) is 3.69. The molecule has 2 aliphatic carbocycles. The molecule has 35 heavy (non-hydrogen) atoms. The number of thiophene rings is 1. The Morgan fingerprint density at radius 2 is 1.97 bits per heavy atom. The van der Waals surface area contributed by atoms with Gasteiger partial charge in [0.25, 0.3) is 0 Å². The summed E-state index contributed by atoms with van der Waals surface area (Å²) >= 11 is 1.98. The molecule has 182 valence electrons. The second kappa shape index (κ2) is 9.11. The molecule has 1 aliphatic heterocycles. The van der Waals surface area contributed by atoms with E-state index in [1.807, 2.05) is 11.3 Å². The van der Waals surface area contributed by atoms with Crippen molar-refractivity contribution in [1.82, 2.24) is 20.2 Å². The zero-order valence-corrected chi connectivity index (χ0v) is 21.8. The molecule has 2 N–H and O–H groups in total. The lowest BCUT2D eigenvalue weighted by atomic mass is 9.79. The molecule has 3 heterocycles. The maximum atomic E-state index is 4.87. The number of hydrogen-bond donors (Lipinski definition) is 2. The van der Waals surface area contributed by atoms with Crippen molar-refractivity contribution in [2.75, 3.05) is 13.6 Å². The largest absolute Gasteiger partial charge is 0.362 e. The average molecular weight is 485 g/mol. The third-order valence-electron chi connectivity index (χ3n) is 8.63. The van der Waals surface area contributed by atoms with E-state index in [-0.39, 0.29) is 0 Å². The van der Waals surface area contributed by atoms with Crippen molar-refractivity contribution in [3.63, 3.8) is 0 Å². The van der Waals surface area contributed by atoms with Gasteiger partial charge in [-0.25, -0.2) is 4.98 Å². The predicted molar refractivity (Wildman–Crippen MR) is 147 cm³/mol. The molecule has 3 aliphatic rings. The molecule has 5 heteroatoms. The van der Waals surface area contributed by atoms with Crippen molar-refractivity contribution in [2.45, 2.75) is 69.7 Å². The van der Waals surface area contributed by atoms with Gasteiger partial charge < -0.3 is 10.3 Å². The molecule has 1 spiro atoms. The third kappa shape index (κ3) is 3.80. The monoisotopic (exact) mass is 484 g/mol. The van der Waals surface area contributed by atoms with Gasteiger partial charge in [-0.05, 0) is 92.9 Å². The summed E-state index contributed by atoms with van der Waals surface area (Å²) in [7, 11) is 2.22. The van der Waals surface area contributed by atoms with Crippen molar-refractivity contribution in [1.29, 1.82) is 0 Å². The number of likely N-dealkylation sites (tertiary alicyclic amines) is 1. The molecular formula is C30H36N4S. The number of benzene rings is 1. The standard InChI is InChI=1S/C30H36N4S/c1-4-23(31-5-2)20-10-12-21(13-11-20)27-26-22(14-17-30(26)15-6-7-16-30)28(35-27)24-19-32-29(33-24)25-9-8-18-34(25)3/h4-5,10-13,19,25,31H,2,6-9,14-18H2,1,3H3,(H,32,33)/b23-4-. The van der Waals surface area contributed by atoms with Gasteiger partial charge in [-0.3, -0.25) is 4.90 Å². The van der Waals surface area contributed by atoms with Crippen LogP contribution in [0.5, 0.6) is 0 Å². The third-order valence-corrected chi connectivity index (χ3v) is 9.95. The van der Waals surface area contributed by atoms with Gasteiger partial charge in [-0.1, -0.05) is 49.8 Å². The van der Waals surface area contributed by atoms with Gasteiger partial charge in [0.1, 0.15) is 5.82 Å². The molecule has 2 fully saturated rings. The second-order valence-corrected chi connectivity index (χ2v) is 11.6. The SMILES string of the molecule is C=CN/C(=C\C)c1ccc(-c2sc(-c3cnc(C4CCCN4C)[nH]3)c3c2C2(CCCC2)CC3)cc1. The number of allylic oxidation sites excluding steroid dienone is 1. The van der Waals surface area contributed by atoms with Crippen molar-refractivity contribution in [2.24, 2.45) is 0 Å². The molecular weight excluding hydrogens is 448 g/mol. The number of H-pyrrole nitrogens is 1. The van der Waals surface area contributed by atoms with Crippen LogP contribution >= 0.6 is 11.3 Å². The molecule has 4 nitrogen and oxygen atoms in total. The summed E-state index contributed by atoms with van der Waals surface area (Å²) in [6.45, 7) is 7.04. The minimum absolute atomic E-state index is 0.380. The Kier molecular flexibility index (Phi) is 5.93. The first-order chi connectivity index (χ1) is 17.1. The van der Waals surface area contributed by atoms with Crippen LogP contribution < -0.4 is 5.32 Å². The number of aromatic nitrogens is 2. The van der Waals surface area contributed by atoms with Crippen molar-refractivity contribution in [3.05, 3.63) is 71.8 Å². The fourth-order valence-electron chi connectivity index (χ4n) is 6.85. The van der Waals surface area contributed by atoms with E-state index in [9.17, 15) is 0 Å². The van der Waals surface area contributed by atoms with Gasteiger partial charge in [-0.15, -0.1) is 11.3 Å². The highest BCUT2D eigenvalue weighted by atomic mass is 32.1. The van der Waals surface area contributed by atoms with Crippen molar-refractivity contribution >= 4 is 17.0 Å². The Morgan fingerprint density at radius 1 is 1.17 bits per heavy atom. The Balaban J connectivity index is 1.42. The van der Waals surface area contributed by atoms with Crippen LogP contribution in [0.15, 0.2) is 49.3 Å². The first-order valence-corrected chi connectivity index (χ1v) is 14.0. The summed E-state index contributed by atoms with van der Waals surface area (Å²) in [6.07, 6.45) is 16.3. The van der Waals surface area contributed by atoms with Gasteiger partial charge in [0.15, 0.2) is 0 Å². The van der Waals surface area contributed by atoms with E-state index in [0.717, 1.165) is 18.1 Å². The molecule has 2 aromatic heterocycles. The molecule has 1 aromatic carbocycles. The van der Waals surface area contributed by atoms with E-state index in [2.05, 4.69) is 72.3 Å². The molecule has 1 saturated carbocycles. The van der Waals surface area contributed by atoms with Gasteiger partial charge >= 0.3 is 0 Å². The van der Waals surface area contributed by atoms with Gasteiger partial charge in [-0.2, -0.15) is 0 Å². The lowest BCUT2D eigenvalue weighted by Gasteiger charge is -2.25. The molecule has 0 bridgehead atoms. The highest BCUT2D eigenvalue weighted by Gasteiger charge is 2.45. The predicted octanol–water partition coefficient (Wildman–Crippen LogP) is 7.42. The maximum absolute atomic E-state index is 4.87. The fraction of sp³-hybridized carbons (Fsp3) is 0.433. The molecule has 3 aromatic rings. The number of imidazole rings is 1. The fourth-order valence-corrected chi connectivity index (χ4v) is 8.29. The highest BCUT2D eigenvalue weighted by Crippen LogP contribution is 2.58. The quantitative estimate of drug-likeness (QED) is 0.382. The Labute approximate surface area is 213 Å². The van der Waals surface area contributed by atoms with Crippen LogP contribution in [0.2, 0.25) is 0 Å². The van der Waals surface area contributed by atoms with Crippen molar-refractivity contribution < 1.29 is 0 Å². The Morgan fingerprint density at radius 3 is 2.66 bits per heavy atom. The molecule has 0 amide bonds. The minimum atomic E-state index is 0.380. The summed E-state index contributed by atoms with van der Waals surface area (Å²) in [5, 5.41) is 3.26. The molecule has 6 rings (SSSR count). The highest BCUT2D eigenvalue weighted by molar-refractivity contribution is 7.19. The van der Waals surface area contributed by atoms with Crippen LogP contribution in [0.25, 0.3) is 26.7 Å². The van der Waals surface area contributed by atoms with Crippen molar-refractivity contribution in [3.8, 4) is 21.0 Å². The summed E-state index contributed by atoms with van der Waals surface area (Å²) in [6, 6.07) is 9.54. The number of hydrogen-bond acceptors (Lipinski definition) is 4. The number of nitrogens with one attached hydrogen (secondary N) is 2. The van der Waals surface area contributed by atoms with Crippen LogP contribution in [0.3, 0.4) is 0 Å². The first kappa shape index (κ1) is 22.8. The van der Waals surface area contributed by atoms with E-state index in [0.29, 0.717) is 11.5 Å². The minimum Gasteiger partial charge on any atom is -0.362 e. The molecule has 1 unspecified atom stereocenters. The zero-order chi connectivity index (χ0) is 24.0. The number of aromatic amines is 1. The first-order valence-electron chi connectivity index (χ1n) is 13.2. The van der Waals surface area contributed by atoms with Crippen LogP contribution in [-0.4, -0.2) is 28.5 Å². The summed E-state index contributed by atoms with van der Waals surface area (Å²) < 4.78 is 0. The Bertz CT molecular complexity index is 1260. The Hall–Kier alpha value is -2.63. The van der Waals surface area contributed by atoms with Gasteiger partial charge in [0, 0.05) is 10.6 Å². The lowest BCUT2D eigenvalue weighted by molar-refractivity contribution is 0.307.